The van der Waals surface area contributed by atoms with Crippen LogP contribution in [0, 0.1) is 5.92 Å². The second-order valence-electron chi connectivity index (χ2n) is 5.06. The summed E-state index contributed by atoms with van der Waals surface area (Å²) in [6.45, 7) is 2.83. The summed E-state index contributed by atoms with van der Waals surface area (Å²) < 4.78 is 0. The lowest BCUT2D eigenvalue weighted by Gasteiger charge is -2.09. The molecule has 2 nitrogen and oxygen atoms in total. The summed E-state index contributed by atoms with van der Waals surface area (Å²) >= 11 is 7.36. The zero-order chi connectivity index (χ0) is 13.0. The fourth-order valence-corrected chi connectivity index (χ4v) is 3.79. The van der Waals surface area contributed by atoms with E-state index in [9.17, 15) is 4.79 Å². The first-order valence-corrected chi connectivity index (χ1v) is 8.01. The predicted octanol–water partition coefficient (Wildman–Crippen LogP) is 3.62. The number of halogens is 1. The molecule has 4 heteroatoms. The average Bonchev–Trinajstić information content (AvgIpc) is 2.80. The Balaban J connectivity index is 1.90. The first-order chi connectivity index (χ1) is 8.70. The quantitative estimate of drug-likeness (QED) is 0.823. The van der Waals surface area contributed by atoms with Crippen molar-refractivity contribution in [3.63, 3.8) is 0 Å². The van der Waals surface area contributed by atoms with Crippen LogP contribution in [0.2, 0.25) is 0 Å². The summed E-state index contributed by atoms with van der Waals surface area (Å²) in [4.78, 5) is 14.3. The highest BCUT2D eigenvalue weighted by Crippen LogP contribution is 2.29. The highest BCUT2D eigenvalue weighted by Gasteiger charge is 2.17. The van der Waals surface area contributed by atoms with E-state index in [1.165, 1.54) is 23.3 Å². The van der Waals surface area contributed by atoms with Gasteiger partial charge in [-0.3, -0.25) is 4.79 Å². The minimum atomic E-state index is 0.0795. The van der Waals surface area contributed by atoms with Crippen molar-refractivity contribution in [3.05, 3.63) is 21.4 Å². The van der Waals surface area contributed by atoms with Crippen LogP contribution in [0.15, 0.2) is 6.07 Å². The molecule has 18 heavy (non-hydrogen) atoms. The Morgan fingerprint density at radius 2 is 2.28 bits per heavy atom. The van der Waals surface area contributed by atoms with Gasteiger partial charge in [0.1, 0.15) is 0 Å². The number of aryl methyl sites for hydroxylation is 2. The maximum absolute atomic E-state index is 12.0. The molecule has 1 aliphatic carbocycles. The second kappa shape index (κ2) is 6.58. The van der Waals surface area contributed by atoms with E-state index in [-0.39, 0.29) is 5.91 Å². The van der Waals surface area contributed by atoms with Gasteiger partial charge >= 0.3 is 0 Å². The normalized spacial score (nSPS) is 16.1. The number of alkyl halides is 1. The summed E-state index contributed by atoms with van der Waals surface area (Å²) in [6.07, 6.45) is 5.76. The van der Waals surface area contributed by atoms with Crippen molar-refractivity contribution in [2.75, 3.05) is 12.4 Å². The molecule has 1 aromatic heterocycles. The Hall–Kier alpha value is -0.540. The predicted molar refractivity (Wildman–Crippen MR) is 77.8 cm³/mol. The summed E-state index contributed by atoms with van der Waals surface area (Å²) in [7, 11) is 0. The summed E-state index contributed by atoms with van der Waals surface area (Å²) in [5.41, 5.74) is 1.39. The van der Waals surface area contributed by atoms with Crippen LogP contribution >= 0.6 is 22.9 Å². The molecule has 0 radical (unpaired) electrons. The van der Waals surface area contributed by atoms with E-state index < -0.39 is 0 Å². The number of amides is 1. The third-order valence-corrected chi connectivity index (χ3v) is 4.89. The largest absolute Gasteiger partial charge is 0.351 e. The molecule has 0 saturated carbocycles. The van der Waals surface area contributed by atoms with Crippen LogP contribution in [0.5, 0.6) is 0 Å². The summed E-state index contributed by atoms with van der Waals surface area (Å²) in [5.74, 6) is 1.18. The Labute approximate surface area is 118 Å². The molecule has 1 aliphatic rings. The van der Waals surface area contributed by atoms with E-state index in [1.54, 1.807) is 11.3 Å². The number of carbonyl (C=O) groups excluding carboxylic acids is 1. The number of thiophene rings is 1. The van der Waals surface area contributed by atoms with Crippen LogP contribution in [0.25, 0.3) is 0 Å². The molecule has 1 amide bonds. The van der Waals surface area contributed by atoms with Crippen LogP contribution in [-0.4, -0.2) is 18.3 Å². The van der Waals surface area contributed by atoms with E-state index in [1.807, 2.05) is 0 Å². The van der Waals surface area contributed by atoms with Crippen molar-refractivity contribution >= 4 is 28.8 Å². The van der Waals surface area contributed by atoms with Crippen molar-refractivity contribution in [3.8, 4) is 0 Å². The van der Waals surface area contributed by atoms with Gasteiger partial charge in [-0.05, 0) is 49.7 Å². The fraction of sp³-hybridized carbons (Fsp3) is 0.643. The molecule has 0 bridgehead atoms. The van der Waals surface area contributed by atoms with Crippen LogP contribution < -0.4 is 5.32 Å². The SMILES string of the molecule is CC(CCCl)CNC(=O)c1cc2c(s1)CCCC2. The van der Waals surface area contributed by atoms with Crippen LogP contribution in [0.4, 0.5) is 0 Å². The minimum absolute atomic E-state index is 0.0795. The molecule has 0 fully saturated rings. The van der Waals surface area contributed by atoms with Gasteiger partial charge in [0.2, 0.25) is 0 Å². The first-order valence-electron chi connectivity index (χ1n) is 6.66. The Morgan fingerprint density at radius 1 is 1.50 bits per heavy atom. The van der Waals surface area contributed by atoms with Gasteiger partial charge in [-0.2, -0.15) is 0 Å². The first kappa shape index (κ1) is 13.9. The number of rotatable bonds is 5. The van der Waals surface area contributed by atoms with E-state index in [0.717, 1.165) is 24.1 Å². The smallest absolute Gasteiger partial charge is 0.261 e. The maximum atomic E-state index is 12.0. The molecule has 1 N–H and O–H groups in total. The summed E-state index contributed by atoms with van der Waals surface area (Å²) in [5, 5.41) is 3.01. The molecular formula is C14H20ClNOS. The lowest BCUT2D eigenvalue weighted by molar-refractivity contribution is 0.0952. The van der Waals surface area contributed by atoms with Crippen LogP contribution in [0.3, 0.4) is 0 Å². The number of hydrogen-bond acceptors (Lipinski definition) is 2. The van der Waals surface area contributed by atoms with Crippen LogP contribution in [0.1, 0.15) is 46.3 Å². The van der Waals surface area contributed by atoms with E-state index in [4.69, 9.17) is 11.6 Å². The molecule has 100 valence electrons. The van der Waals surface area contributed by atoms with Crippen molar-refractivity contribution in [2.45, 2.75) is 39.0 Å². The molecular weight excluding hydrogens is 266 g/mol. The lowest BCUT2D eigenvalue weighted by atomic mass is 9.99. The summed E-state index contributed by atoms with van der Waals surface area (Å²) in [6, 6.07) is 2.08. The number of carbonyl (C=O) groups is 1. The van der Waals surface area contributed by atoms with Crippen molar-refractivity contribution in [1.82, 2.24) is 5.32 Å². The van der Waals surface area contributed by atoms with E-state index in [2.05, 4.69) is 18.3 Å². The Morgan fingerprint density at radius 3 is 3.00 bits per heavy atom. The molecule has 0 spiro atoms. The zero-order valence-electron chi connectivity index (χ0n) is 10.8. The molecule has 0 aliphatic heterocycles. The second-order valence-corrected chi connectivity index (χ2v) is 6.57. The van der Waals surface area contributed by atoms with E-state index in [0.29, 0.717) is 18.3 Å². The molecule has 1 aromatic rings. The fourth-order valence-electron chi connectivity index (χ4n) is 2.24. The van der Waals surface area contributed by atoms with Gasteiger partial charge in [-0.1, -0.05) is 6.92 Å². The molecule has 1 heterocycles. The maximum Gasteiger partial charge on any atom is 0.261 e. The van der Waals surface area contributed by atoms with Gasteiger partial charge in [0, 0.05) is 17.3 Å². The third kappa shape index (κ3) is 3.48. The van der Waals surface area contributed by atoms with Gasteiger partial charge < -0.3 is 5.32 Å². The van der Waals surface area contributed by atoms with Gasteiger partial charge in [0.15, 0.2) is 0 Å². The van der Waals surface area contributed by atoms with Gasteiger partial charge in [-0.25, -0.2) is 0 Å². The Kier molecular flexibility index (Phi) is 5.07. The highest BCUT2D eigenvalue weighted by atomic mass is 35.5. The van der Waals surface area contributed by atoms with Gasteiger partial charge in [0.05, 0.1) is 4.88 Å². The average molecular weight is 286 g/mol. The molecule has 1 unspecified atom stereocenters. The van der Waals surface area contributed by atoms with Crippen molar-refractivity contribution in [2.24, 2.45) is 5.92 Å². The van der Waals surface area contributed by atoms with Gasteiger partial charge in [-0.15, -0.1) is 22.9 Å². The standard InChI is InChI=1S/C14H20ClNOS/c1-10(6-7-15)9-16-14(17)13-8-11-4-2-3-5-12(11)18-13/h8,10H,2-7,9H2,1H3,(H,16,17). The molecule has 0 saturated heterocycles. The number of fused-ring (bicyclic) bond motifs is 1. The van der Waals surface area contributed by atoms with E-state index >= 15 is 0 Å². The van der Waals surface area contributed by atoms with Crippen LogP contribution in [-0.2, 0) is 12.8 Å². The number of hydrogen-bond donors (Lipinski definition) is 1. The topological polar surface area (TPSA) is 29.1 Å². The van der Waals surface area contributed by atoms with Gasteiger partial charge in [0.25, 0.3) is 5.91 Å². The number of nitrogens with one attached hydrogen (secondary N) is 1. The minimum Gasteiger partial charge on any atom is -0.351 e. The third-order valence-electron chi connectivity index (χ3n) is 3.43. The lowest BCUT2D eigenvalue weighted by Crippen LogP contribution is -2.27. The zero-order valence-corrected chi connectivity index (χ0v) is 12.4. The Bertz CT molecular complexity index is 392. The van der Waals surface area contributed by atoms with Crippen molar-refractivity contribution in [1.29, 1.82) is 0 Å². The highest BCUT2D eigenvalue weighted by molar-refractivity contribution is 7.14. The molecule has 2 rings (SSSR count). The molecule has 1 atom stereocenters. The monoisotopic (exact) mass is 285 g/mol. The van der Waals surface area contributed by atoms with Crippen molar-refractivity contribution < 1.29 is 4.79 Å². The molecule has 0 aromatic carbocycles.